The Morgan fingerprint density at radius 1 is 1.08 bits per heavy atom. The minimum absolute atomic E-state index is 0.0466. The highest BCUT2D eigenvalue weighted by molar-refractivity contribution is 5.84. The number of carbonyl (C=O) groups excluding carboxylic acids is 2. The minimum atomic E-state index is -0.400. The summed E-state index contributed by atoms with van der Waals surface area (Å²) in [5.74, 6) is 0.534. The zero-order valence-electron chi connectivity index (χ0n) is 14.0. The standard InChI is InChI=1S/C18H23N3O3/c1-14(2)21(13-15-7-4-3-5-8-15)17(22)12-20-18(23)19-11-16-9-6-10-24-16/h3-10,14H,11-13H2,1-2H3,(H2,19,20,23). The highest BCUT2D eigenvalue weighted by atomic mass is 16.3. The molecule has 0 spiro atoms. The summed E-state index contributed by atoms with van der Waals surface area (Å²) in [5, 5.41) is 5.23. The van der Waals surface area contributed by atoms with Crippen LogP contribution in [-0.2, 0) is 17.9 Å². The van der Waals surface area contributed by atoms with Crippen molar-refractivity contribution in [2.24, 2.45) is 0 Å². The van der Waals surface area contributed by atoms with Crippen molar-refractivity contribution in [3.8, 4) is 0 Å². The molecule has 0 fully saturated rings. The van der Waals surface area contributed by atoms with Gasteiger partial charge in [-0.1, -0.05) is 30.3 Å². The molecule has 2 N–H and O–H groups in total. The van der Waals surface area contributed by atoms with E-state index in [2.05, 4.69) is 10.6 Å². The Balaban J connectivity index is 1.80. The van der Waals surface area contributed by atoms with E-state index in [1.807, 2.05) is 44.2 Å². The van der Waals surface area contributed by atoms with Crippen molar-refractivity contribution in [2.45, 2.75) is 33.0 Å². The van der Waals surface area contributed by atoms with Gasteiger partial charge in [-0.05, 0) is 31.5 Å². The molecule has 3 amide bonds. The number of nitrogens with one attached hydrogen (secondary N) is 2. The molecule has 0 aliphatic heterocycles. The average Bonchev–Trinajstić information content (AvgIpc) is 3.10. The first-order valence-corrected chi connectivity index (χ1v) is 7.93. The number of carbonyl (C=O) groups is 2. The smallest absolute Gasteiger partial charge is 0.315 e. The number of hydrogen-bond donors (Lipinski definition) is 2. The monoisotopic (exact) mass is 329 g/mol. The number of rotatable bonds is 7. The molecule has 2 aromatic rings. The number of amides is 3. The fourth-order valence-electron chi connectivity index (χ4n) is 2.24. The van der Waals surface area contributed by atoms with Crippen molar-refractivity contribution in [1.82, 2.24) is 15.5 Å². The fourth-order valence-corrected chi connectivity index (χ4v) is 2.24. The molecule has 1 heterocycles. The Bertz CT molecular complexity index is 639. The largest absolute Gasteiger partial charge is 0.467 e. The van der Waals surface area contributed by atoms with E-state index < -0.39 is 6.03 Å². The number of furan rings is 1. The first kappa shape index (κ1) is 17.6. The quantitative estimate of drug-likeness (QED) is 0.819. The van der Waals surface area contributed by atoms with Gasteiger partial charge in [-0.2, -0.15) is 0 Å². The Morgan fingerprint density at radius 2 is 1.83 bits per heavy atom. The molecule has 0 saturated heterocycles. The third-order valence-corrected chi connectivity index (χ3v) is 3.54. The maximum Gasteiger partial charge on any atom is 0.315 e. The topological polar surface area (TPSA) is 74.6 Å². The lowest BCUT2D eigenvalue weighted by Gasteiger charge is -2.27. The summed E-state index contributed by atoms with van der Waals surface area (Å²) in [5.41, 5.74) is 1.06. The molecule has 6 heteroatoms. The van der Waals surface area contributed by atoms with Crippen LogP contribution in [0.5, 0.6) is 0 Å². The molecule has 1 aromatic heterocycles. The van der Waals surface area contributed by atoms with Gasteiger partial charge in [0.05, 0.1) is 19.4 Å². The Kier molecular flexibility index (Phi) is 6.42. The van der Waals surface area contributed by atoms with E-state index in [1.54, 1.807) is 23.3 Å². The van der Waals surface area contributed by atoms with Gasteiger partial charge in [0.2, 0.25) is 5.91 Å². The fraction of sp³-hybridized carbons (Fsp3) is 0.333. The van der Waals surface area contributed by atoms with Crippen LogP contribution < -0.4 is 10.6 Å². The van der Waals surface area contributed by atoms with Crippen LogP contribution in [0.3, 0.4) is 0 Å². The third kappa shape index (κ3) is 5.46. The van der Waals surface area contributed by atoms with Crippen molar-refractivity contribution in [3.05, 3.63) is 60.1 Å². The molecule has 0 aliphatic carbocycles. The van der Waals surface area contributed by atoms with E-state index in [4.69, 9.17) is 4.42 Å². The van der Waals surface area contributed by atoms with Gasteiger partial charge in [0.25, 0.3) is 0 Å². The highest BCUT2D eigenvalue weighted by Gasteiger charge is 2.17. The normalized spacial score (nSPS) is 10.5. The molecule has 0 radical (unpaired) electrons. The maximum absolute atomic E-state index is 12.4. The first-order chi connectivity index (χ1) is 11.6. The van der Waals surface area contributed by atoms with E-state index in [1.165, 1.54) is 0 Å². The Morgan fingerprint density at radius 3 is 2.46 bits per heavy atom. The molecule has 24 heavy (non-hydrogen) atoms. The van der Waals surface area contributed by atoms with Gasteiger partial charge in [-0.15, -0.1) is 0 Å². The summed E-state index contributed by atoms with van der Waals surface area (Å²) in [4.78, 5) is 25.9. The van der Waals surface area contributed by atoms with Crippen LogP contribution in [0.15, 0.2) is 53.1 Å². The van der Waals surface area contributed by atoms with Crippen molar-refractivity contribution in [2.75, 3.05) is 6.54 Å². The number of nitrogens with zero attached hydrogens (tertiary/aromatic N) is 1. The molecule has 2 rings (SSSR count). The maximum atomic E-state index is 12.4. The van der Waals surface area contributed by atoms with Gasteiger partial charge in [-0.3, -0.25) is 4.79 Å². The SMILES string of the molecule is CC(C)N(Cc1ccccc1)C(=O)CNC(=O)NCc1ccco1. The lowest BCUT2D eigenvalue weighted by molar-refractivity contribution is -0.132. The summed E-state index contributed by atoms with van der Waals surface area (Å²) in [6.07, 6.45) is 1.54. The van der Waals surface area contributed by atoms with Crippen molar-refractivity contribution in [1.29, 1.82) is 0 Å². The molecule has 0 aliphatic rings. The summed E-state index contributed by atoms with van der Waals surface area (Å²) in [6.45, 7) is 4.67. The van der Waals surface area contributed by atoms with Gasteiger partial charge in [0.1, 0.15) is 5.76 Å². The van der Waals surface area contributed by atoms with Crippen LogP contribution in [0.2, 0.25) is 0 Å². The Labute approximate surface area is 141 Å². The summed E-state index contributed by atoms with van der Waals surface area (Å²) < 4.78 is 5.13. The lowest BCUT2D eigenvalue weighted by Crippen LogP contribution is -2.45. The van der Waals surface area contributed by atoms with Crippen molar-refractivity contribution >= 4 is 11.9 Å². The van der Waals surface area contributed by atoms with Crippen LogP contribution in [-0.4, -0.2) is 29.4 Å². The van der Waals surface area contributed by atoms with Crippen LogP contribution in [0.1, 0.15) is 25.2 Å². The van der Waals surface area contributed by atoms with E-state index in [0.29, 0.717) is 12.3 Å². The molecule has 6 nitrogen and oxygen atoms in total. The lowest BCUT2D eigenvalue weighted by atomic mass is 10.2. The van der Waals surface area contributed by atoms with Crippen molar-refractivity contribution < 1.29 is 14.0 Å². The second-order valence-corrected chi connectivity index (χ2v) is 5.72. The van der Waals surface area contributed by atoms with E-state index >= 15 is 0 Å². The van der Waals surface area contributed by atoms with Crippen LogP contribution in [0, 0.1) is 0 Å². The van der Waals surface area contributed by atoms with E-state index in [0.717, 1.165) is 5.56 Å². The third-order valence-electron chi connectivity index (χ3n) is 3.54. The number of urea groups is 1. The number of hydrogen-bond acceptors (Lipinski definition) is 3. The summed E-state index contributed by atoms with van der Waals surface area (Å²) >= 11 is 0. The first-order valence-electron chi connectivity index (χ1n) is 7.93. The van der Waals surface area contributed by atoms with Crippen LogP contribution in [0.4, 0.5) is 4.79 Å². The van der Waals surface area contributed by atoms with Crippen molar-refractivity contribution in [3.63, 3.8) is 0 Å². The van der Waals surface area contributed by atoms with Gasteiger partial charge < -0.3 is 20.0 Å². The molecule has 128 valence electrons. The van der Waals surface area contributed by atoms with E-state index in [9.17, 15) is 9.59 Å². The molecule has 0 unspecified atom stereocenters. The van der Waals surface area contributed by atoms with Gasteiger partial charge in [-0.25, -0.2) is 4.79 Å². The van der Waals surface area contributed by atoms with Gasteiger partial charge in [0.15, 0.2) is 0 Å². The second kappa shape index (κ2) is 8.76. The summed E-state index contributed by atoms with van der Waals surface area (Å²) in [7, 11) is 0. The second-order valence-electron chi connectivity index (χ2n) is 5.72. The molecule has 0 bridgehead atoms. The Hall–Kier alpha value is -2.76. The molecule has 0 atom stereocenters. The molecule has 1 aromatic carbocycles. The molecule has 0 saturated carbocycles. The summed E-state index contributed by atoms with van der Waals surface area (Å²) in [6, 6.07) is 13.0. The zero-order chi connectivity index (χ0) is 17.4. The molecular weight excluding hydrogens is 306 g/mol. The molecular formula is C18H23N3O3. The number of benzene rings is 1. The minimum Gasteiger partial charge on any atom is -0.467 e. The predicted molar refractivity (Wildman–Crippen MR) is 91.1 cm³/mol. The van der Waals surface area contributed by atoms with Gasteiger partial charge in [0, 0.05) is 12.6 Å². The zero-order valence-corrected chi connectivity index (χ0v) is 14.0. The highest BCUT2D eigenvalue weighted by Crippen LogP contribution is 2.08. The predicted octanol–water partition coefficient (Wildman–Crippen LogP) is 2.52. The average molecular weight is 329 g/mol. The van der Waals surface area contributed by atoms with Gasteiger partial charge >= 0.3 is 6.03 Å². The van der Waals surface area contributed by atoms with Crippen LogP contribution in [0.25, 0.3) is 0 Å². The van der Waals surface area contributed by atoms with Crippen LogP contribution >= 0.6 is 0 Å². The van der Waals surface area contributed by atoms with E-state index in [-0.39, 0.29) is 25.0 Å².